The molecule has 2 N–H and O–H groups in total. The number of amidine groups is 1. The number of halogens is 3. The van der Waals surface area contributed by atoms with E-state index in [1.54, 1.807) is 31.1 Å². The molecule has 2 aromatic rings. The van der Waals surface area contributed by atoms with Crippen molar-refractivity contribution in [3.63, 3.8) is 0 Å². The van der Waals surface area contributed by atoms with E-state index < -0.39 is 30.0 Å². The molecule has 0 radical (unpaired) electrons. The molecule has 0 amide bonds. The van der Waals surface area contributed by atoms with Crippen LogP contribution in [0.2, 0.25) is 0 Å². The van der Waals surface area contributed by atoms with E-state index in [2.05, 4.69) is 26.2 Å². The highest BCUT2D eigenvalue weighted by atomic mass is 79.9. The first-order chi connectivity index (χ1) is 18.7. The summed E-state index contributed by atoms with van der Waals surface area (Å²) in [5.41, 5.74) is 1.36. The van der Waals surface area contributed by atoms with E-state index in [9.17, 15) is 14.0 Å². The van der Waals surface area contributed by atoms with Crippen molar-refractivity contribution in [2.75, 3.05) is 46.4 Å². The molecule has 4 rings (SSSR count). The number of likely N-dealkylation sites (N-methyl/N-ethyl adjacent to an activating group) is 1. The summed E-state index contributed by atoms with van der Waals surface area (Å²) in [5, 5.41) is 14.7. The molecule has 1 fully saturated rings. The Labute approximate surface area is 237 Å². The van der Waals surface area contributed by atoms with Crippen molar-refractivity contribution >= 4 is 45.0 Å². The van der Waals surface area contributed by atoms with Gasteiger partial charge in [-0.15, -0.1) is 11.3 Å². The lowest BCUT2D eigenvalue weighted by Crippen LogP contribution is -2.48. The van der Waals surface area contributed by atoms with E-state index in [0.717, 1.165) is 0 Å². The number of carbonyl (C=O) groups excluding carboxylic acids is 1. The number of hydrogen-bond donors (Lipinski definition) is 2. The third kappa shape index (κ3) is 7.27. The van der Waals surface area contributed by atoms with Crippen molar-refractivity contribution in [1.82, 2.24) is 20.1 Å². The lowest BCUT2D eigenvalue weighted by atomic mass is 9.92. The van der Waals surface area contributed by atoms with Crippen molar-refractivity contribution in [3.8, 4) is 0 Å². The van der Waals surface area contributed by atoms with Crippen LogP contribution >= 0.6 is 27.3 Å². The van der Waals surface area contributed by atoms with Gasteiger partial charge < -0.3 is 15.2 Å². The van der Waals surface area contributed by atoms with E-state index in [0.29, 0.717) is 46.1 Å². The van der Waals surface area contributed by atoms with Crippen molar-refractivity contribution in [3.05, 3.63) is 61.9 Å². The number of aliphatic imine (C=N–C) groups is 1. The number of rotatable bonds is 10. The first-order valence-electron chi connectivity index (χ1n) is 12.5. The van der Waals surface area contributed by atoms with Crippen LogP contribution in [-0.4, -0.2) is 90.2 Å². The van der Waals surface area contributed by atoms with Gasteiger partial charge in [0.2, 0.25) is 0 Å². The fourth-order valence-corrected chi connectivity index (χ4v) is 6.01. The van der Waals surface area contributed by atoms with Gasteiger partial charge in [0.25, 0.3) is 0 Å². The van der Waals surface area contributed by atoms with Gasteiger partial charge in [0, 0.05) is 47.3 Å². The van der Waals surface area contributed by atoms with E-state index >= 15 is 4.39 Å². The first kappa shape index (κ1) is 29.2. The average Bonchev–Trinajstić information content (AvgIpc) is 3.40. The number of carboxylic acid groups (broad SMARTS) is 1. The van der Waals surface area contributed by atoms with Crippen molar-refractivity contribution < 1.29 is 28.2 Å². The smallest absolute Gasteiger partial charge is 0.338 e. The summed E-state index contributed by atoms with van der Waals surface area (Å²) in [6.07, 6.45) is 1.02. The van der Waals surface area contributed by atoms with E-state index in [-0.39, 0.29) is 37.7 Å². The van der Waals surface area contributed by atoms with Gasteiger partial charge in [0.1, 0.15) is 18.0 Å². The lowest BCUT2D eigenvalue weighted by molar-refractivity contribution is -0.139. The maximum atomic E-state index is 15.2. The highest BCUT2D eigenvalue weighted by Gasteiger charge is 2.36. The zero-order chi connectivity index (χ0) is 28.1. The summed E-state index contributed by atoms with van der Waals surface area (Å²) < 4.78 is 35.0. The second-order valence-electron chi connectivity index (χ2n) is 9.51. The van der Waals surface area contributed by atoms with Gasteiger partial charge in [-0.05, 0) is 44.6 Å². The number of carbonyl (C=O) groups is 2. The van der Waals surface area contributed by atoms with Gasteiger partial charge in [-0.2, -0.15) is 0 Å². The van der Waals surface area contributed by atoms with Gasteiger partial charge in [0.15, 0.2) is 10.8 Å². The molecule has 0 spiro atoms. The molecular formula is C26H30BrF2N5O4S. The predicted molar refractivity (Wildman–Crippen MR) is 147 cm³/mol. The highest BCUT2D eigenvalue weighted by molar-refractivity contribution is 9.10. The molecule has 1 aromatic carbocycles. The Balaban J connectivity index is 1.64. The van der Waals surface area contributed by atoms with E-state index in [1.165, 1.54) is 23.5 Å². The number of aliphatic carboxylic acids is 1. The number of carboxylic acids is 1. The fraction of sp³-hybridized carbons (Fsp3) is 0.462. The van der Waals surface area contributed by atoms with Gasteiger partial charge in [0.05, 0.1) is 18.7 Å². The molecule has 0 aliphatic carbocycles. The second-order valence-corrected chi connectivity index (χ2v) is 11.3. The molecule has 3 atom stereocenters. The number of esters is 1. The molecule has 9 nitrogen and oxygen atoms in total. The summed E-state index contributed by atoms with van der Waals surface area (Å²) in [6.45, 7) is 2.97. The number of likely N-dealkylation sites (tertiary alicyclic amines) is 1. The van der Waals surface area contributed by atoms with Crippen LogP contribution in [0.1, 0.15) is 30.0 Å². The van der Waals surface area contributed by atoms with Crippen LogP contribution in [0.15, 0.2) is 50.5 Å². The molecule has 3 heterocycles. The molecule has 2 aliphatic rings. The van der Waals surface area contributed by atoms with Crippen LogP contribution in [-0.2, 0) is 14.3 Å². The van der Waals surface area contributed by atoms with Gasteiger partial charge in [-0.1, -0.05) is 22.0 Å². The van der Waals surface area contributed by atoms with Crippen LogP contribution in [0.25, 0.3) is 0 Å². The number of aromatic nitrogens is 1. The first-order valence-corrected chi connectivity index (χ1v) is 14.2. The van der Waals surface area contributed by atoms with Gasteiger partial charge in [-0.3, -0.25) is 19.6 Å². The summed E-state index contributed by atoms with van der Waals surface area (Å²) in [4.78, 5) is 37.0. The molecule has 2 aliphatic heterocycles. The third-order valence-electron chi connectivity index (χ3n) is 6.61. The maximum Gasteiger partial charge on any atom is 0.338 e. The third-order valence-corrected chi connectivity index (χ3v) is 8.07. The van der Waals surface area contributed by atoms with Crippen LogP contribution in [0.4, 0.5) is 8.78 Å². The lowest BCUT2D eigenvalue weighted by Gasteiger charge is -2.37. The molecule has 1 saturated heterocycles. The van der Waals surface area contributed by atoms with Crippen LogP contribution in [0.5, 0.6) is 0 Å². The number of piperidine rings is 1. The highest BCUT2D eigenvalue weighted by Crippen LogP contribution is 2.37. The van der Waals surface area contributed by atoms with Gasteiger partial charge >= 0.3 is 11.9 Å². The number of nitrogens with one attached hydrogen (secondary N) is 1. The predicted octanol–water partition coefficient (Wildman–Crippen LogP) is 3.63. The summed E-state index contributed by atoms with van der Waals surface area (Å²) in [6, 6.07) is 3.39. The zero-order valence-corrected chi connectivity index (χ0v) is 24.0. The van der Waals surface area contributed by atoms with Crippen LogP contribution in [0.3, 0.4) is 0 Å². The van der Waals surface area contributed by atoms with Crippen LogP contribution < -0.4 is 5.32 Å². The number of hydrogen-bond acceptors (Lipinski definition) is 9. The normalized spacial score (nSPS) is 22.0. The monoisotopic (exact) mass is 625 g/mol. The Kier molecular flexibility index (Phi) is 9.81. The number of ether oxygens (including phenoxy) is 1. The van der Waals surface area contributed by atoms with Crippen LogP contribution in [0, 0.1) is 11.7 Å². The average molecular weight is 627 g/mol. The Morgan fingerprint density at radius 2 is 2.18 bits per heavy atom. The van der Waals surface area contributed by atoms with Crippen molar-refractivity contribution in [2.24, 2.45) is 10.9 Å². The molecule has 210 valence electrons. The molecule has 13 heteroatoms. The Bertz CT molecular complexity index is 1260. The minimum atomic E-state index is -1.17. The molecular weight excluding hydrogens is 596 g/mol. The number of thiazole rings is 1. The minimum absolute atomic E-state index is 0.126. The zero-order valence-electron chi connectivity index (χ0n) is 21.6. The van der Waals surface area contributed by atoms with E-state index in [1.807, 2.05) is 10.3 Å². The molecule has 0 saturated carbocycles. The fourth-order valence-electron chi connectivity index (χ4n) is 4.85. The van der Waals surface area contributed by atoms with Gasteiger partial charge in [-0.25, -0.2) is 18.6 Å². The molecule has 2 unspecified atom stereocenters. The number of nitrogens with zero attached hydrogens (tertiary/aromatic N) is 4. The Morgan fingerprint density at radius 1 is 1.38 bits per heavy atom. The molecule has 0 bridgehead atoms. The Hall–Kier alpha value is -2.74. The molecule has 39 heavy (non-hydrogen) atoms. The maximum absolute atomic E-state index is 15.2. The topological polar surface area (TPSA) is 107 Å². The Morgan fingerprint density at radius 3 is 2.82 bits per heavy atom. The summed E-state index contributed by atoms with van der Waals surface area (Å²) in [5.74, 6) is -1.79. The summed E-state index contributed by atoms with van der Waals surface area (Å²) >= 11 is 4.79. The van der Waals surface area contributed by atoms with Crippen molar-refractivity contribution in [2.45, 2.75) is 25.6 Å². The SMILES string of the molecule is CCOC(=O)C1=C(CN2CCC(CN(C)CC(=O)O)C(F)C2)NC(c2nccs2)=N[C@H]1c1ccc(F)cc1Br. The number of alkyl halides is 1. The van der Waals surface area contributed by atoms with E-state index in [4.69, 9.17) is 14.8 Å². The second kappa shape index (κ2) is 13.1. The standard InChI is InChI=1S/C26H30BrF2N5O4S/c1-3-38-26(37)22-20(13-34-8-6-15(19(29)12-34)11-33(2)14-21(35)36)31-24(25-30-7-9-39-25)32-23(22)17-5-4-16(28)10-18(17)27/h4-5,7,9-10,15,19,23H,3,6,8,11-14H2,1-2H3,(H,31,32)(H,35,36)/t15?,19?,23-/m0/s1. The summed E-state index contributed by atoms with van der Waals surface area (Å²) in [7, 11) is 1.67. The quantitative estimate of drug-likeness (QED) is 0.386. The molecule has 1 aromatic heterocycles. The largest absolute Gasteiger partial charge is 0.480 e. The van der Waals surface area contributed by atoms with Crippen molar-refractivity contribution in [1.29, 1.82) is 0 Å². The number of benzene rings is 1. The minimum Gasteiger partial charge on any atom is -0.480 e.